The van der Waals surface area contributed by atoms with Crippen LogP contribution in [0.2, 0.25) is 0 Å². The molecule has 1 heterocycles. The topological polar surface area (TPSA) is 83.1 Å². The van der Waals surface area contributed by atoms with Crippen molar-refractivity contribution >= 4 is 0 Å². The quantitative estimate of drug-likeness (QED) is 0.0807. The molecule has 1 aliphatic rings. The number of benzene rings is 2. The minimum Gasteiger partial charge on any atom is -0.497 e. The van der Waals surface area contributed by atoms with Crippen LogP contribution >= 0.6 is 0 Å². The van der Waals surface area contributed by atoms with Crippen molar-refractivity contribution in [2.24, 2.45) is 0 Å². The first kappa shape index (κ1) is 38.9. The van der Waals surface area contributed by atoms with Gasteiger partial charge in [0.2, 0.25) is 0 Å². The van der Waals surface area contributed by atoms with Gasteiger partial charge in [-0.1, -0.05) is 70.4 Å². The SMILES string of the molecule is C=CCOC1OC(COCc2ccc(OC)cc2)(COCc2ccc(OC)cc2)[C@@H](OCCCC)[C@H](OCCCC)[C@H]1OCCCC. The molecule has 2 aromatic carbocycles. The maximum absolute atomic E-state index is 6.96. The molecule has 0 N–H and O–H groups in total. The van der Waals surface area contributed by atoms with Crippen molar-refractivity contribution in [3.8, 4) is 11.5 Å². The Balaban J connectivity index is 1.98. The summed E-state index contributed by atoms with van der Waals surface area (Å²) in [5.41, 5.74) is 0.950. The van der Waals surface area contributed by atoms with Gasteiger partial charge in [0.25, 0.3) is 0 Å². The van der Waals surface area contributed by atoms with Gasteiger partial charge >= 0.3 is 0 Å². The van der Waals surface area contributed by atoms with E-state index in [2.05, 4.69) is 27.4 Å². The summed E-state index contributed by atoms with van der Waals surface area (Å²) >= 11 is 0. The molecule has 1 aliphatic heterocycles. The van der Waals surface area contributed by atoms with Gasteiger partial charge < -0.3 is 42.6 Å². The van der Waals surface area contributed by atoms with Crippen LogP contribution in [0.25, 0.3) is 0 Å². The molecular formula is C38H58O9. The van der Waals surface area contributed by atoms with Crippen LogP contribution < -0.4 is 9.47 Å². The highest BCUT2D eigenvalue weighted by Crippen LogP contribution is 2.38. The lowest BCUT2D eigenvalue weighted by Gasteiger charge is -2.52. The molecule has 0 amide bonds. The van der Waals surface area contributed by atoms with Crippen LogP contribution in [-0.2, 0) is 46.4 Å². The average Bonchev–Trinajstić information content (AvgIpc) is 3.10. The van der Waals surface area contributed by atoms with Gasteiger partial charge in [0.05, 0.1) is 47.3 Å². The van der Waals surface area contributed by atoms with Crippen LogP contribution in [0.3, 0.4) is 0 Å². The van der Waals surface area contributed by atoms with Crippen LogP contribution in [-0.4, -0.2) is 84.1 Å². The Kier molecular flexibility index (Phi) is 18.4. The molecule has 3 rings (SSSR count). The maximum atomic E-state index is 6.96. The monoisotopic (exact) mass is 658 g/mol. The van der Waals surface area contributed by atoms with Gasteiger partial charge in [-0.25, -0.2) is 0 Å². The van der Waals surface area contributed by atoms with E-state index in [0.717, 1.165) is 61.2 Å². The van der Waals surface area contributed by atoms with Gasteiger partial charge in [0, 0.05) is 19.8 Å². The first-order valence-corrected chi connectivity index (χ1v) is 17.2. The molecule has 0 bridgehead atoms. The van der Waals surface area contributed by atoms with E-state index in [1.165, 1.54) is 0 Å². The smallest absolute Gasteiger partial charge is 0.187 e. The van der Waals surface area contributed by atoms with E-state index in [0.29, 0.717) is 33.0 Å². The van der Waals surface area contributed by atoms with E-state index in [9.17, 15) is 0 Å². The Labute approximate surface area is 282 Å². The number of hydrogen-bond acceptors (Lipinski definition) is 9. The van der Waals surface area contributed by atoms with E-state index in [-0.39, 0.29) is 19.8 Å². The second-order valence-electron chi connectivity index (χ2n) is 11.9. The summed E-state index contributed by atoms with van der Waals surface area (Å²) in [6.45, 7) is 13.4. The third kappa shape index (κ3) is 12.5. The first-order valence-electron chi connectivity index (χ1n) is 17.2. The van der Waals surface area contributed by atoms with E-state index in [1.54, 1.807) is 20.3 Å². The van der Waals surface area contributed by atoms with Gasteiger partial charge in [-0.2, -0.15) is 0 Å². The molecule has 9 nitrogen and oxygen atoms in total. The number of hydrogen-bond donors (Lipinski definition) is 0. The highest BCUT2D eigenvalue weighted by molar-refractivity contribution is 5.27. The summed E-state index contributed by atoms with van der Waals surface area (Å²) in [6.07, 6.45) is 5.14. The highest BCUT2D eigenvalue weighted by Gasteiger charge is 2.57. The molecule has 2 aromatic rings. The van der Waals surface area contributed by atoms with Crippen molar-refractivity contribution in [1.82, 2.24) is 0 Å². The van der Waals surface area contributed by atoms with Crippen molar-refractivity contribution < 1.29 is 42.6 Å². The Morgan fingerprint density at radius 3 is 1.57 bits per heavy atom. The predicted octanol–water partition coefficient (Wildman–Crippen LogP) is 7.29. The fourth-order valence-corrected chi connectivity index (χ4v) is 5.37. The van der Waals surface area contributed by atoms with E-state index in [1.807, 2.05) is 48.5 Å². The van der Waals surface area contributed by atoms with Crippen molar-refractivity contribution in [3.05, 3.63) is 72.3 Å². The summed E-state index contributed by atoms with van der Waals surface area (Å²) in [4.78, 5) is 0. The molecule has 1 saturated heterocycles. The average molecular weight is 659 g/mol. The Hall–Kier alpha value is -2.50. The van der Waals surface area contributed by atoms with Gasteiger partial charge in [0.15, 0.2) is 6.29 Å². The molecule has 0 radical (unpaired) electrons. The van der Waals surface area contributed by atoms with Crippen molar-refractivity contribution in [1.29, 1.82) is 0 Å². The number of methoxy groups -OCH3 is 2. The Morgan fingerprint density at radius 2 is 1.13 bits per heavy atom. The van der Waals surface area contributed by atoms with Crippen molar-refractivity contribution in [2.75, 3.05) is 53.9 Å². The predicted molar refractivity (Wildman–Crippen MR) is 183 cm³/mol. The summed E-state index contributed by atoms with van der Waals surface area (Å²) in [6, 6.07) is 15.7. The molecule has 0 aromatic heterocycles. The molecule has 264 valence electrons. The lowest BCUT2D eigenvalue weighted by molar-refractivity contribution is -0.363. The summed E-state index contributed by atoms with van der Waals surface area (Å²) in [5, 5.41) is 0. The molecule has 4 atom stereocenters. The fraction of sp³-hybridized carbons (Fsp3) is 0.632. The van der Waals surface area contributed by atoms with Crippen LogP contribution in [0.1, 0.15) is 70.4 Å². The minimum atomic E-state index is -1.07. The second-order valence-corrected chi connectivity index (χ2v) is 11.9. The maximum Gasteiger partial charge on any atom is 0.187 e. The molecule has 1 unspecified atom stereocenters. The molecule has 47 heavy (non-hydrogen) atoms. The van der Waals surface area contributed by atoms with Crippen LogP contribution in [0.5, 0.6) is 11.5 Å². The zero-order valence-corrected chi connectivity index (χ0v) is 29.3. The molecule has 9 heteroatoms. The van der Waals surface area contributed by atoms with Crippen molar-refractivity contribution in [3.63, 3.8) is 0 Å². The normalized spacial score (nSPS) is 20.6. The van der Waals surface area contributed by atoms with Gasteiger partial charge in [-0.05, 0) is 54.7 Å². The van der Waals surface area contributed by atoms with E-state index < -0.39 is 30.2 Å². The summed E-state index contributed by atoms with van der Waals surface area (Å²) in [5.74, 6) is 1.58. The third-order valence-corrected chi connectivity index (χ3v) is 8.10. The van der Waals surface area contributed by atoms with Crippen LogP contribution in [0.15, 0.2) is 61.2 Å². The third-order valence-electron chi connectivity index (χ3n) is 8.10. The molecule has 0 saturated carbocycles. The van der Waals surface area contributed by atoms with Crippen LogP contribution in [0, 0.1) is 0 Å². The lowest BCUT2D eigenvalue weighted by Crippen LogP contribution is -2.70. The zero-order valence-electron chi connectivity index (χ0n) is 29.3. The summed E-state index contributed by atoms with van der Waals surface area (Å²) in [7, 11) is 3.31. The number of rotatable bonds is 25. The Morgan fingerprint density at radius 1 is 0.660 bits per heavy atom. The fourth-order valence-electron chi connectivity index (χ4n) is 5.37. The standard InChI is InChI=1S/C38H58O9/c1-7-11-23-43-34-35(44-24-12-8-2)37(46-22-10-4)47-38(36(34)45-25-13-9-3,28-41-26-30-14-18-32(39-5)19-15-30)29-42-27-31-16-20-33(40-6)21-17-31/h10,14-21,34-37H,4,7-9,11-13,22-29H2,1-3,5-6H3/t34-,35-,36+,37?/m1/s1. The van der Waals surface area contributed by atoms with Crippen molar-refractivity contribution in [2.45, 2.75) is 103 Å². The Bertz CT molecular complexity index is 1040. The first-order chi connectivity index (χ1) is 23.0. The summed E-state index contributed by atoms with van der Waals surface area (Å²) < 4.78 is 56.7. The number of unbranched alkanes of at least 4 members (excludes halogenated alkanes) is 3. The molecule has 0 spiro atoms. The zero-order chi connectivity index (χ0) is 33.7. The van der Waals surface area contributed by atoms with Crippen LogP contribution in [0.4, 0.5) is 0 Å². The second kappa shape index (κ2) is 22.2. The lowest BCUT2D eigenvalue weighted by atomic mass is 9.86. The number of ether oxygens (including phenoxy) is 9. The molecule has 1 fully saturated rings. The minimum absolute atomic E-state index is 0.182. The molecular weight excluding hydrogens is 600 g/mol. The van der Waals surface area contributed by atoms with E-state index in [4.69, 9.17) is 42.6 Å². The van der Waals surface area contributed by atoms with Gasteiger partial charge in [-0.3, -0.25) is 0 Å². The van der Waals surface area contributed by atoms with E-state index >= 15 is 0 Å². The largest absolute Gasteiger partial charge is 0.497 e. The molecule has 0 aliphatic carbocycles. The highest BCUT2D eigenvalue weighted by atomic mass is 16.7. The van der Waals surface area contributed by atoms with Gasteiger partial charge in [-0.15, -0.1) is 6.58 Å². The van der Waals surface area contributed by atoms with Gasteiger partial charge in [0.1, 0.15) is 35.4 Å².